The first kappa shape index (κ1) is 14.5. The summed E-state index contributed by atoms with van der Waals surface area (Å²) < 4.78 is 11.7. The van der Waals surface area contributed by atoms with Crippen LogP contribution in [0.4, 0.5) is 0 Å². The zero-order chi connectivity index (χ0) is 16.6. The Morgan fingerprint density at radius 2 is 1.83 bits per heavy atom. The van der Waals surface area contributed by atoms with Gasteiger partial charge in [-0.25, -0.2) is 0 Å². The van der Waals surface area contributed by atoms with Crippen molar-refractivity contribution >= 4 is 16.6 Å². The maximum absolute atomic E-state index is 13.1. The second-order valence-electron chi connectivity index (χ2n) is 6.62. The molecule has 0 amide bonds. The molecule has 2 aromatic carbocycles. The van der Waals surface area contributed by atoms with E-state index in [1.54, 1.807) is 6.07 Å². The van der Waals surface area contributed by atoms with Crippen LogP contribution >= 0.6 is 0 Å². The number of aliphatic hydroxyl groups excluding tert-OH is 3. The Morgan fingerprint density at radius 3 is 2.58 bits per heavy atom. The van der Waals surface area contributed by atoms with Crippen molar-refractivity contribution in [1.82, 2.24) is 0 Å². The highest BCUT2D eigenvalue weighted by atomic mass is 16.6. The maximum Gasteiger partial charge on any atom is 0.202 e. The highest BCUT2D eigenvalue weighted by molar-refractivity contribution is 6.20. The summed E-state index contributed by atoms with van der Waals surface area (Å²) >= 11 is 0. The van der Waals surface area contributed by atoms with Crippen molar-refractivity contribution in [1.29, 1.82) is 0 Å². The minimum Gasteiger partial charge on any atom is -0.394 e. The average Bonchev–Trinajstić information content (AvgIpc) is 2.85. The first-order valence-electron chi connectivity index (χ1n) is 7.97. The molecule has 2 aliphatic heterocycles. The number of aliphatic hydroxyl groups is 3. The lowest BCUT2D eigenvalue weighted by Gasteiger charge is -2.57. The Morgan fingerprint density at radius 1 is 1.08 bits per heavy atom. The molecule has 2 heterocycles. The monoisotopic (exact) mass is 328 g/mol. The van der Waals surface area contributed by atoms with Crippen LogP contribution in [0.3, 0.4) is 0 Å². The van der Waals surface area contributed by atoms with Gasteiger partial charge in [0.25, 0.3) is 0 Å². The van der Waals surface area contributed by atoms with Crippen LogP contribution < -0.4 is 0 Å². The number of benzene rings is 2. The summed E-state index contributed by atoms with van der Waals surface area (Å²) in [7, 11) is 0. The molecule has 6 atom stereocenters. The number of fused-ring (bicyclic) bond motifs is 3. The van der Waals surface area contributed by atoms with Crippen molar-refractivity contribution in [3.05, 3.63) is 47.5 Å². The Hall–Kier alpha value is -1.83. The molecule has 6 heteroatoms. The highest BCUT2D eigenvalue weighted by Gasteiger charge is 2.70. The number of ether oxygens (including phenoxy) is 2. The molecule has 24 heavy (non-hydrogen) atoms. The maximum atomic E-state index is 13.1. The third kappa shape index (κ3) is 1.46. The molecule has 0 bridgehead atoms. The van der Waals surface area contributed by atoms with Crippen LogP contribution in [0, 0.1) is 0 Å². The summed E-state index contributed by atoms with van der Waals surface area (Å²) in [5.41, 5.74) is -0.00369. The molecule has 6 nitrogen and oxygen atoms in total. The van der Waals surface area contributed by atoms with Crippen LogP contribution in [-0.4, -0.2) is 58.2 Å². The largest absolute Gasteiger partial charge is 0.394 e. The fourth-order valence-electron chi connectivity index (χ4n) is 4.32. The molecule has 124 valence electrons. The molecule has 0 aromatic heterocycles. The quantitative estimate of drug-likeness (QED) is 0.688. The van der Waals surface area contributed by atoms with E-state index in [-0.39, 0.29) is 5.78 Å². The zero-order valence-electron chi connectivity index (χ0n) is 12.6. The molecule has 0 unspecified atom stereocenters. The third-order valence-corrected chi connectivity index (χ3v) is 5.48. The van der Waals surface area contributed by atoms with Crippen molar-refractivity contribution < 1.29 is 29.6 Å². The van der Waals surface area contributed by atoms with E-state index in [1.807, 2.05) is 30.3 Å². The Labute approximate surface area is 137 Å². The molecule has 5 rings (SSSR count). The van der Waals surface area contributed by atoms with Crippen LogP contribution in [0.25, 0.3) is 10.8 Å². The minimum absolute atomic E-state index is 0.198. The van der Waals surface area contributed by atoms with E-state index in [4.69, 9.17) is 9.47 Å². The number of hydrogen-bond acceptors (Lipinski definition) is 6. The lowest BCUT2D eigenvalue weighted by Crippen LogP contribution is -2.75. The molecule has 1 aliphatic carbocycles. The van der Waals surface area contributed by atoms with Gasteiger partial charge in [0.1, 0.15) is 30.5 Å². The summed E-state index contributed by atoms with van der Waals surface area (Å²) in [5.74, 6) is -0.198. The van der Waals surface area contributed by atoms with E-state index >= 15 is 0 Å². The summed E-state index contributed by atoms with van der Waals surface area (Å²) in [6.45, 7) is -0.442. The summed E-state index contributed by atoms with van der Waals surface area (Å²) in [5, 5.41) is 31.4. The Bertz CT molecular complexity index is 856. The Balaban J connectivity index is 1.67. The van der Waals surface area contributed by atoms with Gasteiger partial charge in [0.15, 0.2) is 5.60 Å². The van der Waals surface area contributed by atoms with Gasteiger partial charge in [0.05, 0.1) is 6.61 Å². The molecule has 2 saturated heterocycles. The lowest BCUT2D eigenvalue weighted by molar-refractivity contribution is -0.364. The SMILES string of the molecule is O=C1c2cccc3cccc(c23)[C@@]12O[C@@H]1[C@@H](O)[C@H](O)[C@@H](CO)O[C@@H]12. The van der Waals surface area contributed by atoms with E-state index in [2.05, 4.69) is 0 Å². The normalized spacial score (nSPS) is 40.0. The van der Waals surface area contributed by atoms with Crippen molar-refractivity contribution in [2.45, 2.75) is 36.1 Å². The molecular weight excluding hydrogens is 312 g/mol. The molecule has 2 aromatic rings. The van der Waals surface area contributed by atoms with Crippen LogP contribution in [0.5, 0.6) is 0 Å². The minimum atomic E-state index is -1.30. The van der Waals surface area contributed by atoms with E-state index in [0.29, 0.717) is 5.56 Å². The zero-order valence-corrected chi connectivity index (χ0v) is 12.6. The number of hydrogen-bond donors (Lipinski definition) is 3. The van der Waals surface area contributed by atoms with Gasteiger partial charge in [-0.3, -0.25) is 4.79 Å². The standard InChI is InChI=1S/C18H16O6/c19-7-11-13(20)14(21)15-17(23-11)18(24-15)10-6-2-4-8-3-1-5-9(12(8)10)16(18)22/h1-6,11,13-15,17,19-21H,7H2/t11-,13-,14+,15-,17+,18-/m1/s1. The molecule has 3 N–H and O–H groups in total. The molecule has 1 spiro atoms. The van der Waals surface area contributed by atoms with Gasteiger partial charge in [-0.05, 0) is 10.8 Å². The van der Waals surface area contributed by atoms with E-state index in [1.165, 1.54) is 0 Å². The topological polar surface area (TPSA) is 96.2 Å². The van der Waals surface area contributed by atoms with Gasteiger partial charge in [-0.15, -0.1) is 0 Å². The van der Waals surface area contributed by atoms with Crippen LogP contribution in [0.1, 0.15) is 15.9 Å². The van der Waals surface area contributed by atoms with E-state index < -0.39 is 42.7 Å². The van der Waals surface area contributed by atoms with Crippen LogP contribution in [-0.2, 0) is 15.1 Å². The fourth-order valence-corrected chi connectivity index (χ4v) is 4.32. The van der Waals surface area contributed by atoms with Gasteiger partial charge < -0.3 is 24.8 Å². The molecule has 3 aliphatic rings. The lowest BCUT2D eigenvalue weighted by atomic mass is 9.74. The second kappa shape index (κ2) is 4.62. The molecule has 2 fully saturated rings. The smallest absolute Gasteiger partial charge is 0.202 e. The van der Waals surface area contributed by atoms with Gasteiger partial charge in [-0.1, -0.05) is 36.4 Å². The van der Waals surface area contributed by atoms with Gasteiger partial charge in [-0.2, -0.15) is 0 Å². The number of ketones is 1. The van der Waals surface area contributed by atoms with E-state index in [9.17, 15) is 20.1 Å². The molecular formula is C18H16O6. The first-order chi connectivity index (χ1) is 11.6. The number of rotatable bonds is 1. The summed E-state index contributed by atoms with van der Waals surface area (Å²) in [6, 6.07) is 11.1. The fraction of sp³-hybridized carbons (Fsp3) is 0.389. The van der Waals surface area contributed by atoms with Crippen molar-refractivity contribution in [2.24, 2.45) is 0 Å². The van der Waals surface area contributed by atoms with Gasteiger partial charge >= 0.3 is 0 Å². The summed E-state index contributed by atoms with van der Waals surface area (Å²) in [4.78, 5) is 13.1. The second-order valence-corrected chi connectivity index (χ2v) is 6.62. The van der Waals surface area contributed by atoms with Crippen molar-refractivity contribution in [3.63, 3.8) is 0 Å². The van der Waals surface area contributed by atoms with Crippen molar-refractivity contribution in [2.75, 3.05) is 6.61 Å². The molecule has 0 radical (unpaired) electrons. The molecule has 0 saturated carbocycles. The predicted molar refractivity (Wildman–Crippen MR) is 82.6 cm³/mol. The highest BCUT2D eigenvalue weighted by Crippen LogP contribution is 2.56. The number of carbonyl (C=O) groups is 1. The first-order valence-corrected chi connectivity index (χ1v) is 7.97. The number of Topliss-reactive ketones (excluding diaryl/α,β-unsaturated/α-hetero) is 1. The van der Waals surface area contributed by atoms with Crippen molar-refractivity contribution in [3.8, 4) is 0 Å². The van der Waals surface area contributed by atoms with E-state index in [0.717, 1.165) is 16.3 Å². The number of carbonyl (C=O) groups excluding carboxylic acids is 1. The Kier molecular flexibility index (Phi) is 2.79. The third-order valence-electron chi connectivity index (χ3n) is 5.48. The average molecular weight is 328 g/mol. The summed E-state index contributed by atoms with van der Waals surface area (Å²) in [6.07, 6.45) is -4.93. The van der Waals surface area contributed by atoms with Crippen LogP contribution in [0.2, 0.25) is 0 Å². The van der Waals surface area contributed by atoms with Gasteiger partial charge in [0.2, 0.25) is 5.78 Å². The predicted octanol–water partition coefficient (Wildman–Crippen LogP) is 0.112. The van der Waals surface area contributed by atoms with Crippen LogP contribution in [0.15, 0.2) is 36.4 Å². The van der Waals surface area contributed by atoms with Gasteiger partial charge in [0, 0.05) is 11.1 Å².